The lowest BCUT2D eigenvalue weighted by molar-refractivity contribution is -0.120. The number of amides is 1. The first-order valence-corrected chi connectivity index (χ1v) is 6.49. The molecule has 0 aromatic rings. The third-order valence-electron chi connectivity index (χ3n) is 2.01. The van der Waals surface area contributed by atoms with Crippen LogP contribution in [-0.2, 0) is 18.1 Å². The van der Waals surface area contributed by atoms with Gasteiger partial charge in [0.15, 0.2) is 0 Å². The van der Waals surface area contributed by atoms with Gasteiger partial charge in [-0.2, -0.15) is 0 Å². The van der Waals surface area contributed by atoms with Gasteiger partial charge in [-0.3, -0.25) is 4.79 Å². The standard InChI is InChI=1S/C8H19NO4Si/c1-5-8(10)9-6-7-14(11-2,12-3)13-4/h5-7H2,1-4H3,(H,9,10). The smallest absolute Gasteiger partial charge is 0.377 e. The fourth-order valence-corrected chi connectivity index (χ4v) is 2.58. The van der Waals surface area contributed by atoms with Gasteiger partial charge in [0.25, 0.3) is 0 Å². The Hall–Kier alpha value is -0.433. The zero-order valence-electron chi connectivity index (χ0n) is 9.25. The Morgan fingerprint density at radius 1 is 1.21 bits per heavy atom. The second-order valence-corrected chi connectivity index (χ2v) is 5.84. The van der Waals surface area contributed by atoms with Crippen molar-refractivity contribution in [2.24, 2.45) is 0 Å². The fourth-order valence-electron chi connectivity index (χ4n) is 1.04. The molecule has 84 valence electrons. The Kier molecular flexibility index (Phi) is 6.72. The van der Waals surface area contributed by atoms with E-state index in [4.69, 9.17) is 13.3 Å². The van der Waals surface area contributed by atoms with Gasteiger partial charge in [0.2, 0.25) is 5.91 Å². The average Bonchev–Trinajstić information content (AvgIpc) is 2.25. The van der Waals surface area contributed by atoms with E-state index in [9.17, 15) is 4.79 Å². The lowest BCUT2D eigenvalue weighted by Gasteiger charge is -2.24. The molecule has 0 heterocycles. The molecule has 0 saturated carbocycles. The molecule has 0 aliphatic carbocycles. The van der Waals surface area contributed by atoms with Crippen LogP contribution in [0.3, 0.4) is 0 Å². The van der Waals surface area contributed by atoms with Crippen LogP contribution in [0.2, 0.25) is 6.04 Å². The number of carbonyl (C=O) groups excluding carboxylic acids is 1. The number of hydrogen-bond donors (Lipinski definition) is 1. The van der Waals surface area contributed by atoms with Crippen LogP contribution in [0.25, 0.3) is 0 Å². The first-order chi connectivity index (χ1) is 6.64. The van der Waals surface area contributed by atoms with Gasteiger partial charge >= 0.3 is 8.80 Å². The van der Waals surface area contributed by atoms with Crippen LogP contribution >= 0.6 is 0 Å². The van der Waals surface area contributed by atoms with E-state index in [1.54, 1.807) is 21.3 Å². The summed E-state index contributed by atoms with van der Waals surface area (Å²) in [6, 6.07) is 0.586. The fraction of sp³-hybridized carbons (Fsp3) is 0.875. The summed E-state index contributed by atoms with van der Waals surface area (Å²) in [5.74, 6) is 0.0243. The quantitative estimate of drug-likeness (QED) is 0.632. The molecule has 0 rings (SSSR count). The molecule has 0 bridgehead atoms. The van der Waals surface area contributed by atoms with Crippen molar-refractivity contribution in [1.29, 1.82) is 0 Å². The van der Waals surface area contributed by atoms with Gasteiger partial charge < -0.3 is 18.6 Å². The second kappa shape index (κ2) is 6.94. The van der Waals surface area contributed by atoms with Crippen LogP contribution in [0.1, 0.15) is 13.3 Å². The molecule has 6 heteroatoms. The van der Waals surface area contributed by atoms with Crippen LogP contribution in [0, 0.1) is 0 Å². The van der Waals surface area contributed by atoms with Gasteiger partial charge in [0.1, 0.15) is 0 Å². The van der Waals surface area contributed by atoms with E-state index in [0.717, 1.165) is 0 Å². The normalized spacial score (nSPS) is 11.4. The van der Waals surface area contributed by atoms with Gasteiger partial charge in [-0.1, -0.05) is 6.92 Å². The van der Waals surface area contributed by atoms with Crippen molar-refractivity contribution in [1.82, 2.24) is 5.32 Å². The van der Waals surface area contributed by atoms with Crippen molar-refractivity contribution in [2.75, 3.05) is 27.9 Å². The first kappa shape index (κ1) is 13.6. The molecule has 14 heavy (non-hydrogen) atoms. The van der Waals surface area contributed by atoms with Crippen LogP contribution in [-0.4, -0.2) is 42.6 Å². The minimum atomic E-state index is -2.51. The van der Waals surface area contributed by atoms with E-state index in [1.807, 2.05) is 6.92 Å². The van der Waals surface area contributed by atoms with Gasteiger partial charge in [0, 0.05) is 40.3 Å². The molecule has 0 unspecified atom stereocenters. The number of nitrogens with one attached hydrogen (secondary N) is 1. The summed E-state index contributed by atoms with van der Waals surface area (Å²) < 4.78 is 15.6. The monoisotopic (exact) mass is 221 g/mol. The number of rotatable bonds is 7. The maximum absolute atomic E-state index is 10.9. The van der Waals surface area contributed by atoms with Crippen molar-refractivity contribution >= 4 is 14.7 Å². The third-order valence-corrected chi connectivity index (χ3v) is 4.74. The highest BCUT2D eigenvalue weighted by Crippen LogP contribution is 2.10. The van der Waals surface area contributed by atoms with E-state index in [2.05, 4.69) is 5.32 Å². The Morgan fingerprint density at radius 3 is 2.07 bits per heavy atom. The molecule has 0 aromatic heterocycles. The van der Waals surface area contributed by atoms with E-state index in [1.165, 1.54) is 0 Å². The zero-order chi connectivity index (χ0) is 11.0. The molecule has 5 nitrogen and oxygen atoms in total. The van der Waals surface area contributed by atoms with Crippen molar-refractivity contribution < 1.29 is 18.1 Å². The Bertz CT molecular complexity index is 164. The van der Waals surface area contributed by atoms with E-state index < -0.39 is 8.80 Å². The van der Waals surface area contributed by atoms with E-state index in [-0.39, 0.29) is 5.91 Å². The number of carbonyl (C=O) groups is 1. The van der Waals surface area contributed by atoms with Gasteiger partial charge in [-0.05, 0) is 0 Å². The minimum absolute atomic E-state index is 0.0243. The molecule has 0 saturated heterocycles. The summed E-state index contributed by atoms with van der Waals surface area (Å²) in [6.45, 7) is 2.33. The molecule has 0 atom stereocenters. The Balaban J connectivity index is 3.88. The molecule has 0 aliphatic heterocycles. The molecule has 1 amide bonds. The lowest BCUT2D eigenvalue weighted by Crippen LogP contribution is -2.45. The summed E-state index contributed by atoms with van der Waals surface area (Å²) in [7, 11) is 2.16. The maximum atomic E-state index is 10.9. The highest BCUT2D eigenvalue weighted by atomic mass is 28.4. The van der Waals surface area contributed by atoms with Gasteiger partial charge in [-0.25, -0.2) is 0 Å². The molecule has 0 radical (unpaired) electrons. The minimum Gasteiger partial charge on any atom is -0.377 e. The van der Waals surface area contributed by atoms with Crippen LogP contribution in [0.5, 0.6) is 0 Å². The van der Waals surface area contributed by atoms with E-state index in [0.29, 0.717) is 19.0 Å². The molecule has 0 aliphatic rings. The summed E-state index contributed by atoms with van der Waals surface area (Å²) in [6.07, 6.45) is 0.488. The Morgan fingerprint density at radius 2 is 1.71 bits per heavy atom. The SMILES string of the molecule is CCC(=O)NCC[Si](OC)(OC)OC. The van der Waals surface area contributed by atoms with Crippen molar-refractivity contribution in [3.05, 3.63) is 0 Å². The summed E-state index contributed by atoms with van der Waals surface area (Å²) in [5, 5.41) is 2.75. The second-order valence-electron chi connectivity index (χ2n) is 2.75. The third kappa shape index (κ3) is 4.19. The molecular formula is C8H19NO4Si. The molecule has 0 spiro atoms. The average molecular weight is 221 g/mol. The molecule has 1 N–H and O–H groups in total. The predicted octanol–water partition coefficient (Wildman–Crippen LogP) is 0.391. The zero-order valence-corrected chi connectivity index (χ0v) is 10.3. The summed E-state index contributed by atoms with van der Waals surface area (Å²) in [5.41, 5.74) is 0. The van der Waals surface area contributed by atoms with Crippen molar-refractivity contribution in [3.8, 4) is 0 Å². The molecular weight excluding hydrogens is 202 g/mol. The number of hydrogen-bond acceptors (Lipinski definition) is 4. The maximum Gasteiger partial charge on any atom is 0.501 e. The van der Waals surface area contributed by atoms with Crippen molar-refractivity contribution in [2.45, 2.75) is 19.4 Å². The topological polar surface area (TPSA) is 56.8 Å². The van der Waals surface area contributed by atoms with Crippen LogP contribution in [0.15, 0.2) is 0 Å². The largest absolute Gasteiger partial charge is 0.501 e. The van der Waals surface area contributed by atoms with E-state index >= 15 is 0 Å². The summed E-state index contributed by atoms with van der Waals surface area (Å²) >= 11 is 0. The molecule has 0 aromatic carbocycles. The molecule has 0 fully saturated rings. The summed E-state index contributed by atoms with van der Waals surface area (Å²) in [4.78, 5) is 10.9. The van der Waals surface area contributed by atoms with Gasteiger partial charge in [0.05, 0.1) is 0 Å². The Labute approximate surface area is 86.1 Å². The lowest BCUT2D eigenvalue weighted by atomic mass is 10.4. The highest BCUT2D eigenvalue weighted by molar-refractivity contribution is 6.60. The van der Waals surface area contributed by atoms with Crippen LogP contribution < -0.4 is 5.32 Å². The first-order valence-electron chi connectivity index (χ1n) is 4.56. The highest BCUT2D eigenvalue weighted by Gasteiger charge is 2.37. The van der Waals surface area contributed by atoms with Gasteiger partial charge in [-0.15, -0.1) is 0 Å². The van der Waals surface area contributed by atoms with Crippen molar-refractivity contribution in [3.63, 3.8) is 0 Å². The van der Waals surface area contributed by atoms with Crippen LogP contribution in [0.4, 0.5) is 0 Å². The predicted molar refractivity (Wildman–Crippen MR) is 54.9 cm³/mol.